The molecule has 0 fully saturated rings. The Morgan fingerprint density at radius 2 is 1.00 bits per heavy atom. The average Bonchev–Trinajstić information content (AvgIpc) is 2.68. The molecule has 0 aliphatic heterocycles. The maximum atomic E-state index is 14.7. The largest absolute Gasteiger partial charge is 0.265 e. The molecule has 2 unspecified atom stereocenters. The van der Waals surface area contributed by atoms with Crippen LogP contribution in [-0.4, -0.2) is 9.97 Å². The van der Waals surface area contributed by atoms with E-state index < -0.39 is 11.6 Å². The van der Waals surface area contributed by atoms with Crippen molar-refractivity contribution in [2.24, 2.45) is 0 Å². The Morgan fingerprint density at radius 1 is 0.615 bits per heavy atom. The second-order valence-corrected chi connectivity index (χ2v) is 6.33. The van der Waals surface area contributed by atoms with E-state index in [1.807, 2.05) is 0 Å². The van der Waals surface area contributed by atoms with Gasteiger partial charge in [-0.15, -0.1) is 18.5 Å². The number of pyridine rings is 2. The van der Waals surface area contributed by atoms with Crippen molar-refractivity contribution in [3.05, 3.63) is 82.9 Å². The number of hydrogen-bond acceptors (Lipinski definition) is 2. The van der Waals surface area contributed by atoms with Crippen LogP contribution in [0.1, 0.15) is 22.3 Å². The predicted molar refractivity (Wildman–Crippen MR) is 105 cm³/mol. The predicted octanol–water partition coefficient (Wildman–Crippen LogP) is 2.56. The molecule has 0 bridgehead atoms. The van der Waals surface area contributed by atoms with Gasteiger partial charge in [0, 0.05) is 52.1 Å². The summed E-state index contributed by atoms with van der Waals surface area (Å²) in [6.45, 7) is 0. The van der Waals surface area contributed by atoms with E-state index in [0.29, 0.717) is 11.1 Å². The van der Waals surface area contributed by atoms with Crippen molar-refractivity contribution >= 4 is 29.1 Å². The van der Waals surface area contributed by atoms with Crippen LogP contribution in [0, 0.1) is 35.3 Å². The molecule has 0 saturated heterocycles. The van der Waals surface area contributed by atoms with Crippen molar-refractivity contribution in [1.29, 1.82) is 0 Å². The smallest absolute Gasteiger partial charge is 0.150 e. The molecule has 0 saturated carbocycles. The van der Waals surface area contributed by atoms with Gasteiger partial charge in [-0.2, -0.15) is 0 Å². The minimum Gasteiger partial charge on any atom is -0.265 e. The monoisotopic (exact) mass is 380 g/mol. The molecule has 2 nitrogen and oxygen atoms in total. The first-order valence-corrected chi connectivity index (χ1v) is 8.63. The molecule has 0 N–H and O–H groups in total. The highest BCUT2D eigenvalue weighted by molar-refractivity contribution is 7.30. The van der Waals surface area contributed by atoms with E-state index in [9.17, 15) is 8.78 Å². The van der Waals surface area contributed by atoms with Crippen molar-refractivity contribution < 1.29 is 8.78 Å². The fourth-order valence-electron chi connectivity index (χ4n) is 2.11. The standard InChI is InChI=1S/C20H12F2N2P2/c21-17-15(3-1-13-5-9-23-10-6-13)18(22)20(26)16(19(17)25)4-2-14-7-11-24-12-8-14/h5-12H,25-26H2. The first-order chi connectivity index (χ1) is 12.6. The molecule has 0 radical (unpaired) electrons. The highest BCUT2D eigenvalue weighted by atomic mass is 31.0. The van der Waals surface area contributed by atoms with E-state index in [4.69, 9.17) is 0 Å². The molecular formula is C20H12F2N2P2. The van der Waals surface area contributed by atoms with Crippen LogP contribution in [-0.2, 0) is 0 Å². The number of halogens is 2. The molecular weight excluding hydrogens is 368 g/mol. The molecule has 0 amide bonds. The van der Waals surface area contributed by atoms with Crippen LogP contribution in [0.5, 0.6) is 0 Å². The van der Waals surface area contributed by atoms with Gasteiger partial charge in [-0.05, 0) is 24.3 Å². The molecule has 126 valence electrons. The highest BCUT2D eigenvalue weighted by Crippen LogP contribution is 2.16. The summed E-state index contributed by atoms with van der Waals surface area (Å²) in [4.78, 5) is 7.78. The number of rotatable bonds is 0. The summed E-state index contributed by atoms with van der Waals surface area (Å²) in [6, 6.07) is 6.78. The lowest BCUT2D eigenvalue weighted by Gasteiger charge is -2.09. The Kier molecular flexibility index (Phi) is 5.70. The van der Waals surface area contributed by atoms with Crippen LogP contribution < -0.4 is 10.6 Å². The molecule has 1 aromatic carbocycles. The lowest BCUT2D eigenvalue weighted by atomic mass is 10.1. The molecule has 2 atom stereocenters. The van der Waals surface area contributed by atoms with Gasteiger partial charge in [0.15, 0.2) is 0 Å². The van der Waals surface area contributed by atoms with Gasteiger partial charge in [0.25, 0.3) is 0 Å². The highest BCUT2D eigenvalue weighted by Gasteiger charge is 2.18. The fraction of sp³-hybridized carbons (Fsp3) is 0. The van der Waals surface area contributed by atoms with Gasteiger partial charge in [0.2, 0.25) is 0 Å². The van der Waals surface area contributed by atoms with Crippen molar-refractivity contribution in [3.63, 3.8) is 0 Å². The average molecular weight is 380 g/mol. The zero-order chi connectivity index (χ0) is 18.5. The van der Waals surface area contributed by atoms with Crippen LogP contribution in [0.2, 0.25) is 0 Å². The summed E-state index contributed by atoms with van der Waals surface area (Å²) in [6.07, 6.45) is 6.34. The second kappa shape index (κ2) is 8.16. The van der Waals surface area contributed by atoms with E-state index in [0.717, 1.165) is 0 Å². The van der Waals surface area contributed by atoms with Gasteiger partial charge in [0.1, 0.15) is 11.6 Å². The van der Waals surface area contributed by atoms with Crippen LogP contribution in [0.15, 0.2) is 49.1 Å². The van der Waals surface area contributed by atoms with Crippen LogP contribution in [0.25, 0.3) is 0 Å². The summed E-state index contributed by atoms with van der Waals surface area (Å²) in [5.41, 5.74) is 1.31. The van der Waals surface area contributed by atoms with Crippen molar-refractivity contribution in [2.45, 2.75) is 0 Å². The molecule has 26 heavy (non-hydrogen) atoms. The summed E-state index contributed by atoms with van der Waals surface area (Å²) in [7, 11) is 4.56. The minimum atomic E-state index is -0.737. The molecule has 2 heterocycles. The van der Waals surface area contributed by atoms with E-state index in [1.54, 1.807) is 49.1 Å². The maximum absolute atomic E-state index is 14.7. The van der Waals surface area contributed by atoms with Crippen molar-refractivity contribution in [2.75, 3.05) is 0 Å². The number of benzene rings is 1. The quantitative estimate of drug-likeness (QED) is 0.443. The zero-order valence-corrected chi connectivity index (χ0v) is 15.7. The summed E-state index contributed by atoms with van der Waals surface area (Å²) in [5.74, 6) is 9.54. The lowest BCUT2D eigenvalue weighted by molar-refractivity contribution is 0.588. The molecule has 2 aromatic heterocycles. The van der Waals surface area contributed by atoms with Gasteiger partial charge in [0.05, 0.1) is 5.56 Å². The van der Waals surface area contributed by atoms with Crippen LogP contribution >= 0.6 is 18.5 Å². The summed E-state index contributed by atoms with van der Waals surface area (Å²) >= 11 is 0. The van der Waals surface area contributed by atoms with Crippen molar-refractivity contribution in [1.82, 2.24) is 9.97 Å². The molecule has 0 aliphatic carbocycles. The Hall–Kier alpha value is -2.64. The lowest BCUT2D eigenvalue weighted by Crippen LogP contribution is -2.20. The zero-order valence-electron chi connectivity index (χ0n) is 13.4. The maximum Gasteiger partial charge on any atom is 0.150 e. The van der Waals surface area contributed by atoms with Gasteiger partial charge in [-0.3, -0.25) is 9.97 Å². The Balaban J connectivity index is 2.06. The van der Waals surface area contributed by atoms with E-state index in [-0.39, 0.29) is 21.7 Å². The SMILES string of the molecule is Fc1c(P)c(C#Cc2ccncc2)c(P)c(F)c1C#Cc1ccncc1. The third-order valence-electron chi connectivity index (χ3n) is 3.47. The number of hydrogen-bond donors (Lipinski definition) is 0. The third-order valence-corrected chi connectivity index (χ3v) is 4.56. The number of aromatic nitrogens is 2. The molecule has 0 spiro atoms. The summed E-state index contributed by atoms with van der Waals surface area (Å²) < 4.78 is 29.3. The summed E-state index contributed by atoms with van der Waals surface area (Å²) in [5, 5.41) is 0.356. The Labute approximate surface area is 154 Å². The van der Waals surface area contributed by atoms with Gasteiger partial charge in [-0.25, -0.2) is 8.78 Å². The molecule has 6 heteroatoms. The Morgan fingerprint density at radius 3 is 1.42 bits per heavy atom. The molecule has 0 aliphatic rings. The number of nitrogens with zero attached hydrogens (tertiary/aromatic N) is 2. The van der Waals surface area contributed by atoms with Gasteiger partial charge >= 0.3 is 0 Å². The third kappa shape index (κ3) is 3.95. The van der Waals surface area contributed by atoms with Crippen molar-refractivity contribution in [3.8, 4) is 23.7 Å². The second-order valence-electron chi connectivity index (χ2n) is 5.18. The molecule has 3 rings (SSSR count). The van der Waals surface area contributed by atoms with Gasteiger partial charge < -0.3 is 0 Å². The van der Waals surface area contributed by atoms with Gasteiger partial charge in [-0.1, -0.05) is 23.7 Å². The first kappa shape index (κ1) is 18.2. The van der Waals surface area contributed by atoms with Crippen LogP contribution in [0.3, 0.4) is 0 Å². The van der Waals surface area contributed by atoms with Crippen LogP contribution in [0.4, 0.5) is 8.78 Å². The molecule has 3 aromatic rings. The first-order valence-electron chi connectivity index (χ1n) is 7.48. The fourth-order valence-corrected chi connectivity index (χ4v) is 3.03. The minimum absolute atomic E-state index is 0.178. The van der Waals surface area contributed by atoms with E-state index in [2.05, 4.69) is 52.1 Å². The van der Waals surface area contributed by atoms with E-state index >= 15 is 0 Å². The normalized spacial score (nSPS) is 9.69. The Bertz CT molecular complexity index is 960. The van der Waals surface area contributed by atoms with E-state index in [1.165, 1.54) is 0 Å². The topological polar surface area (TPSA) is 25.8 Å².